The number of nitrogens with zero attached hydrogens (tertiary/aromatic N) is 12. The van der Waals surface area contributed by atoms with Crippen molar-refractivity contribution in [2.45, 2.75) is 100 Å². The fourth-order valence-corrected chi connectivity index (χ4v) is 10.8. The Morgan fingerprint density at radius 2 is 1.08 bits per heavy atom. The number of piperidine rings is 2. The molecule has 0 unspecified atom stereocenters. The summed E-state index contributed by atoms with van der Waals surface area (Å²) in [6, 6.07) is 11.8. The highest BCUT2D eigenvalue weighted by Crippen LogP contribution is 2.34. The van der Waals surface area contributed by atoms with Crippen LogP contribution in [0.15, 0.2) is 79.8 Å². The first kappa shape index (κ1) is 51.5. The van der Waals surface area contributed by atoms with Gasteiger partial charge in [-0.25, -0.2) is 35.8 Å². The summed E-state index contributed by atoms with van der Waals surface area (Å²) in [4.78, 5) is 24.6. The van der Waals surface area contributed by atoms with Crippen LogP contribution in [0.25, 0.3) is 9.92 Å². The van der Waals surface area contributed by atoms with Crippen LogP contribution in [0.3, 0.4) is 0 Å². The zero-order valence-electron chi connectivity index (χ0n) is 39.9. The van der Waals surface area contributed by atoms with Crippen molar-refractivity contribution < 1.29 is 45.8 Å². The van der Waals surface area contributed by atoms with Crippen molar-refractivity contribution in [3.8, 4) is 5.75 Å². The number of sulfone groups is 2. The first-order chi connectivity index (χ1) is 33.8. The van der Waals surface area contributed by atoms with Crippen LogP contribution in [0.1, 0.15) is 112 Å². The molecular weight excluding hydrogens is 996 g/mol. The van der Waals surface area contributed by atoms with Crippen LogP contribution in [0.2, 0.25) is 0 Å². The molecule has 2 aliphatic heterocycles. The van der Waals surface area contributed by atoms with Gasteiger partial charge in [0.05, 0.1) is 40.2 Å². The quantitative estimate of drug-likeness (QED) is 0.133. The smallest absolute Gasteiger partial charge is 0.487 e. The largest absolute Gasteiger partial charge is 0.488 e. The normalized spacial score (nSPS) is 15.1. The van der Waals surface area contributed by atoms with E-state index in [0.717, 1.165) is 107 Å². The summed E-state index contributed by atoms with van der Waals surface area (Å²) in [5, 5.41) is 45.9. The number of hydrogen-bond donors (Lipinski definition) is 3. The summed E-state index contributed by atoms with van der Waals surface area (Å²) in [5.41, 5.74) is 1.68. The lowest BCUT2D eigenvalue weighted by Gasteiger charge is -2.29. The fraction of sp³-hybridized carbons (Fsp3) is 0.455. The van der Waals surface area contributed by atoms with Gasteiger partial charge in [0.25, 0.3) is 0 Å². The van der Waals surface area contributed by atoms with E-state index in [1.165, 1.54) is 42.7 Å². The number of aromatic nitrogens is 10. The maximum atomic E-state index is 11.6. The van der Waals surface area contributed by atoms with Gasteiger partial charge in [-0.15, -0.1) is 10.2 Å². The Kier molecular flexibility index (Phi) is 15.9. The Bertz CT molecular complexity index is 3180. The molecule has 0 aliphatic carbocycles. The van der Waals surface area contributed by atoms with E-state index in [-0.39, 0.29) is 46.2 Å². The fourth-order valence-electron chi connectivity index (χ4n) is 7.63. The van der Waals surface area contributed by atoms with E-state index >= 15 is 0 Å². The lowest BCUT2D eigenvalue weighted by Crippen LogP contribution is -2.33. The number of aliphatic hydroxyl groups excluding tert-OH is 1. The highest BCUT2D eigenvalue weighted by atomic mass is 32.2. The summed E-state index contributed by atoms with van der Waals surface area (Å²) < 4.78 is 65.3. The Balaban J connectivity index is 0.000000158. The van der Waals surface area contributed by atoms with Crippen molar-refractivity contribution in [3.05, 3.63) is 95.7 Å². The number of anilines is 2. The van der Waals surface area contributed by atoms with E-state index in [4.69, 9.17) is 34.0 Å². The van der Waals surface area contributed by atoms with Gasteiger partial charge < -0.3 is 38.7 Å². The van der Waals surface area contributed by atoms with E-state index in [2.05, 4.69) is 72.8 Å². The van der Waals surface area contributed by atoms with Crippen molar-refractivity contribution in [1.82, 2.24) is 49.5 Å². The summed E-state index contributed by atoms with van der Waals surface area (Å²) in [5.74, 6) is 4.81. The number of fused-ring (bicyclic) bond motifs is 2. The standard InChI is InChI=1S/C22H26N6O4S2.C15H20N6O2S.C7H9BO4S/c1-14(2)19-24-20(32-26-19)15-8-10-27(11-9-15)22-25-28-12-16(23-21(28)33-22)13-31-17-4-6-18(7-5-17)34(3,29)30;1-9(2)12-17-13(23-19-12)10-3-5-20(6-4-10)15-18-21-7-11(8-22)16-14(21)24-15;1-13(11,12)7-4-2-6(3-5-7)8(9)10/h4-7,12,14-15H,8-11,13H2,1-3H3;7,9-10,22H,3-6,8H2,1-2H3;2-5,9-10H,1H3. The van der Waals surface area contributed by atoms with Crippen molar-refractivity contribution in [2.24, 2.45) is 0 Å². The number of benzene rings is 2. The van der Waals surface area contributed by atoms with Gasteiger partial charge in [0, 0.05) is 62.4 Å². The van der Waals surface area contributed by atoms with Crippen LogP contribution in [0.5, 0.6) is 5.75 Å². The molecule has 71 heavy (non-hydrogen) atoms. The van der Waals surface area contributed by atoms with Gasteiger partial charge in [-0.2, -0.15) is 9.97 Å². The van der Waals surface area contributed by atoms with Crippen LogP contribution >= 0.6 is 22.7 Å². The van der Waals surface area contributed by atoms with E-state index in [9.17, 15) is 16.8 Å². The molecule has 0 spiro atoms. The predicted molar refractivity (Wildman–Crippen MR) is 266 cm³/mol. The van der Waals surface area contributed by atoms with E-state index in [0.29, 0.717) is 17.4 Å². The lowest BCUT2D eigenvalue weighted by molar-refractivity contribution is 0.277. The summed E-state index contributed by atoms with van der Waals surface area (Å²) in [7, 11) is -7.99. The minimum Gasteiger partial charge on any atom is -0.487 e. The zero-order chi connectivity index (χ0) is 50.6. The van der Waals surface area contributed by atoms with Crippen molar-refractivity contribution >= 4 is 75.1 Å². The molecule has 378 valence electrons. The van der Waals surface area contributed by atoms with E-state index in [1.54, 1.807) is 50.0 Å². The lowest BCUT2D eigenvalue weighted by atomic mass is 9.81. The number of aliphatic hydroxyl groups is 1. The van der Waals surface area contributed by atoms with Gasteiger partial charge in [-0.3, -0.25) is 0 Å². The summed E-state index contributed by atoms with van der Waals surface area (Å²) >= 11 is 3.10. The van der Waals surface area contributed by atoms with Crippen LogP contribution in [0, 0.1) is 0 Å². The van der Waals surface area contributed by atoms with Gasteiger partial charge in [-0.05, 0) is 67.5 Å². The maximum Gasteiger partial charge on any atom is 0.488 e. The SMILES string of the molecule is CC(C)c1noc(C2CCN(c3nn4cc(CO)nc4s3)CC2)n1.CC(C)c1noc(C2CCN(c3nn4cc(COc5ccc(S(C)(=O)=O)cc5)nc4s3)CC2)n1.CS(=O)(=O)c1ccc(B(O)O)cc1. The van der Waals surface area contributed by atoms with Crippen molar-refractivity contribution in [2.75, 3.05) is 48.5 Å². The topological polar surface area (TPSA) is 283 Å². The molecule has 0 bridgehead atoms. The number of rotatable bonds is 13. The second kappa shape index (κ2) is 21.9. The minimum atomic E-state index is -3.22. The molecule has 2 fully saturated rings. The molecule has 2 saturated heterocycles. The average Bonchev–Trinajstić information content (AvgIpc) is 4.21. The molecular formula is C44H55BN12O10S4. The second-order valence-corrected chi connectivity index (χ2v) is 23.8. The first-order valence-electron chi connectivity index (χ1n) is 22.9. The minimum absolute atomic E-state index is 0.0562. The Morgan fingerprint density at radius 1 is 0.662 bits per heavy atom. The molecule has 0 saturated carbocycles. The van der Waals surface area contributed by atoms with Gasteiger partial charge in [0.15, 0.2) is 31.3 Å². The molecule has 0 amide bonds. The third-order valence-corrected chi connectivity index (χ3v) is 16.0. The zero-order valence-corrected chi connectivity index (χ0v) is 43.2. The van der Waals surface area contributed by atoms with Crippen LogP contribution in [0.4, 0.5) is 10.3 Å². The Morgan fingerprint density at radius 3 is 1.46 bits per heavy atom. The Labute approximate surface area is 418 Å². The predicted octanol–water partition coefficient (Wildman–Crippen LogP) is 4.61. The van der Waals surface area contributed by atoms with Crippen LogP contribution in [-0.4, -0.2) is 127 Å². The van der Waals surface area contributed by atoms with Crippen molar-refractivity contribution in [3.63, 3.8) is 0 Å². The van der Waals surface area contributed by atoms with E-state index in [1.807, 2.05) is 6.20 Å². The van der Waals surface area contributed by atoms with Gasteiger partial charge in [0.2, 0.25) is 32.0 Å². The first-order valence-corrected chi connectivity index (χ1v) is 28.3. The molecule has 22 nitrogen and oxygen atoms in total. The molecule has 8 aromatic rings. The van der Waals surface area contributed by atoms with Gasteiger partial charge in [-0.1, -0.05) is 72.8 Å². The molecule has 0 atom stereocenters. The molecule has 27 heteroatoms. The molecule has 8 heterocycles. The molecule has 2 aliphatic rings. The highest BCUT2D eigenvalue weighted by Gasteiger charge is 2.29. The summed E-state index contributed by atoms with van der Waals surface area (Å²) in [6.45, 7) is 12.0. The third kappa shape index (κ3) is 12.8. The van der Waals surface area contributed by atoms with Crippen LogP contribution in [-0.2, 0) is 32.9 Å². The molecule has 10 rings (SSSR count). The summed E-state index contributed by atoms with van der Waals surface area (Å²) in [6.07, 6.45) is 9.75. The van der Waals surface area contributed by atoms with Crippen molar-refractivity contribution in [1.29, 1.82) is 0 Å². The molecule has 2 aromatic carbocycles. The highest BCUT2D eigenvalue weighted by molar-refractivity contribution is 7.91. The van der Waals surface area contributed by atoms with Gasteiger partial charge >= 0.3 is 7.12 Å². The monoisotopic (exact) mass is 1050 g/mol. The average molecular weight is 1050 g/mol. The van der Waals surface area contributed by atoms with E-state index < -0.39 is 26.8 Å². The van der Waals surface area contributed by atoms with Crippen LogP contribution < -0.4 is 20.0 Å². The molecule has 3 N–H and O–H groups in total. The number of ether oxygens (including phenoxy) is 1. The van der Waals surface area contributed by atoms with Gasteiger partial charge in [0.1, 0.15) is 12.4 Å². The maximum absolute atomic E-state index is 11.6. The second-order valence-electron chi connectivity index (χ2n) is 17.9. The molecule has 6 aromatic heterocycles. The Hall–Kier alpha value is -5.84. The number of imidazole rings is 2. The number of hydrogen-bond acceptors (Lipinski definition) is 22. The molecule has 0 radical (unpaired) electrons. The third-order valence-electron chi connectivity index (χ3n) is 11.7.